The summed E-state index contributed by atoms with van der Waals surface area (Å²) in [4.78, 5) is 12.8. The molecular weight excluding hydrogens is 383 g/mol. The van der Waals surface area contributed by atoms with Crippen LogP contribution in [0.3, 0.4) is 0 Å². The maximum atomic E-state index is 12.7. The molecule has 1 aromatic carbocycles. The molecule has 1 amide bonds. The van der Waals surface area contributed by atoms with E-state index in [1.165, 1.54) is 11.8 Å². The summed E-state index contributed by atoms with van der Waals surface area (Å²) in [6.45, 7) is 1.86. The lowest BCUT2D eigenvalue weighted by Gasteiger charge is -2.34. The molecule has 2 N–H and O–H groups in total. The smallest absolute Gasteiger partial charge is 0.339 e. The van der Waals surface area contributed by atoms with Gasteiger partial charge in [-0.25, -0.2) is 8.42 Å². The van der Waals surface area contributed by atoms with Crippen molar-refractivity contribution in [2.75, 3.05) is 26.2 Å². The summed E-state index contributed by atoms with van der Waals surface area (Å²) < 4.78 is 64.3. The summed E-state index contributed by atoms with van der Waals surface area (Å²) >= 11 is 0. The molecule has 1 aromatic rings. The van der Waals surface area contributed by atoms with Gasteiger partial charge in [0.25, 0.3) is 0 Å². The zero-order chi connectivity index (χ0) is 18.1. The van der Waals surface area contributed by atoms with Gasteiger partial charge in [-0.05, 0) is 25.1 Å². The van der Waals surface area contributed by atoms with Gasteiger partial charge in [0.2, 0.25) is 15.9 Å². The maximum Gasteiger partial charge on any atom is 0.416 e. The molecule has 2 rings (SSSR count). The summed E-state index contributed by atoms with van der Waals surface area (Å²) in [7, 11) is -4.05. The molecule has 142 valence electrons. The van der Waals surface area contributed by atoms with E-state index in [2.05, 4.69) is 0 Å². The molecule has 1 atom stereocenters. The van der Waals surface area contributed by atoms with Gasteiger partial charge < -0.3 is 10.6 Å². The molecule has 6 nitrogen and oxygen atoms in total. The fourth-order valence-corrected chi connectivity index (χ4v) is 3.89. The first-order valence-corrected chi connectivity index (χ1v) is 8.69. The number of nitrogens with zero attached hydrogens (tertiary/aromatic N) is 2. The lowest BCUT2D eigenvalue weighted by atomic mass is 10.2. The molecule has 1 fully saturated rings. The van der Waals surface area contributed by atoms with Crippen LogP contribution in [0.25, 0.3) is 0 Å². The van der Waals surface area contributed by atoms with Crippen molar-refractivity contribution >= 4 is 28.3 Å². The van der Waals surface area contributed by atoms with Crippen molar-refractivity contribution < 1.29 is 26.4 Å². The Bertz CT molecular complexity index is 718. The van der Waals surface area contributed by atoms with Crippen molar-refractivity contribution in [2.45, 2.75) is 24.0 Å². The van der Waals surface area contributed by atoms with Crippen LogP contribution in [-0.4, -0.2) is 55.8 Å². The van der Waals surface area contributed by atoms with Crippen LogP contribution in [0.4, 0.5) is 13.2 Å². The zero-order valence-electron chi connectivity index (χ0n) is 13.4. The van der Waals surface area contributed by atoms with Crippen LogP contribution in [0.1, 0.15) is 12.5 Å². The number of benzene rings is 1. The number of sulfonamides is 1. The van der Waals surface area contributed by atoms with Gasteiger partial charge in [-0.3, -0.25) is 4.79 Å². The van der Waals surface area contributed by atoms with Crippen molar-refractivity contribution in [1.29, 1.82) is 0 Å². The molecule has 0 saturated carbocycles. The Kier molecular flexibility index (Phi) is 6.85. The van der Waals surface area contributed by atoms with Crippen molar-refractivity contribution in [2.24, 2.45) is 5.73 Å². The van der Waals surface area contributed by atoms with Gasteiger partial charge in [0.15, 0.2) is 0 Å². The minimum absolute atomic E-state index is 0. The number of rotatable bonds is 3. The Balaban J connectivity index is 0.00000312. The Morgan fingerprint density at radius 3 is 2.24 bits per heavy atom. The summed E-state index contributed by atoms with van der Waals surface area (Å²) in [6, 6.07) is 2.94. The number of piperazine rings is 1. The Hall–Kier alpha value is -1.36. The van der Waals surface area contributed by atoms with E-state index in [9.17, 15) is 26.4 Å². The van der Waals surface area contributed by atoms with Gasteiger partial charge in [0, 0.05) is 26.2 Å². The molecule has 1 heterocycles. The highest BCUT2D eigenvalue weighted by Gasteiger charge is 2.34. The zero-order valence-corrected chi connectivity index (χ0v) is 15.0. The average molecular weight is 402 g/mol. The second-order valence-corrected chi connectivity index (χ2v) is 7.48. The number of halogens is 4. The lowest BCUT2D eigenvalue weighted by molar-refractivity contribution is -0.137. The second kappa shape index (κ2) is 7.90. The van der Waals surface area contributed by atoms with Crippen LogP contribution in [-0.2, 0) is 21.0 Å². The number of hydrogen-bond acceptors (Lipinski definition) is 4. The summed E-state index contributed by atoms with van der Waals surface area (Å²) in [5, 5.41) is 0. The first kappa shape index (κ1) is 21.7. The molecule has 0 aliphatic carbocycles. The minimum Gasteiger partial charge on any atom is -0.339 e. The molecule has 0 radical (unpaired) electrons. The van der Waals surface area contributed by atoms with Gasteiger partial charge >= 0.3 is 6.18 Å². The lowest BCUT2D eigenvalue weighted by Crippen LogP contribution is -2.53. The third kappa shape index (κ3) is 4.84. The van der Waals surface area contributed by atoms with Crippen molar-refractivity contribution in [3.8, 4) is 0 Å². The fraction of sp³-hybridized carbons (Fsp3) is 0.500. The Morgan fingerprint density at radius 1 is 1.20 bits per heavy atom. The fourth-order valence-electron chi connectivity index (χ4n) is 2.42. The molecule has 1 aliphatic rings. The number of alkyl halides is 3. The molecular formula is C14H19ClF3N3O3S. The van der Waals surface area contributed by atoms with Gasteiger partial charge in [0.05, 0.1) is 16.5 Å². The third-order valence-corrected chi connectivity index (χ3v) is 5.63. The Labute approximate surface area is 150 Å². The molecule has 1 saturated heterocycles. The monoisotopic (exact) mass is 401 g/mol. The van der Waals surface area contributed by atoms with Crippen LogP contribution in [0.2, 0.25) is 0 Å². The quantitative estimate of drug-likeness (QED) is 0.827. The van der Waals surface area contributed by atoms with E-state index in [-0.39, 0.29) is 44.5 Å². The number of carbonyl (C=O) groups excluding carboxylic acids is 1. The van der Waals surface area contributed by atoms with Crippen molar-refractivity contribution in [3.63, 3.8) is 0 Å². The van der Waals surface area contributed by atoms with E-state index in [0.717, 1.165) is 22.5 Å². The molecule has 0 spiro atoms. The molecule has 0 aromatic heterocycles. The van der Waals surface area contributed by atoms with Gasteiger partial charge in [0.1, 0.15) is 0 Å². The molecule has 11 heteroatoms. The summed E-state index contributed by atoms with van der Waals surface area (Å²) in [5.41, 5.74) is 4.49. The summed E-state index contributed by atoms with van der Waals surface area (Å²) in [6.07, 6.45) is -4.62. The van der Waals surface area contributed by atoms with Gasteiger partial charge in [-0.1, -0.05) is 6.07 Å². The molecule has 0 unspecified atom stereocenters. The predicted octanol–water partition coefficient (Wildman–Crippen LogP) is 1.31. The normalized spacial score (nSPS) is 17.7. The molecule has 25 heavy (non-hydrogen) atoms. The number of nitrogens with two attached hydrogens (primary N) is 1. The van der Waals surface area contributed by atoms with E-state index in [0.29, 0.717) is 6.07 Å². The molecule has 0 bridgehead atoms. The van der Waals surface area contributed by atoms with Crippen molar-refractivity contribution in [3.05, 3.63) is 29.8 Å². The van der Waals surface area contributed by atoms with Gasteiger partial charge in [-0.15, -0.1) is 12.4 Å². The van der Waals surface area contributed by atoms with Crippen LogP contribution >= 0.6 is 12.4 Å². The number of carbonyl (C=O) groups is 1. The first-order valence-electron chi connectivity index (χ1n) is 7.25. The highest BCUT2D eigenvalue weighted by molar-refractivity contribution is 7.89. The molecule has 1 aliphatic heterocycles. The van der Waals surface area contributed by atoms with Gasteiger partial charge in [-0.2, -0.15) is 17.5 Å². The Morgan fingerprint density at radius 2 is 1.76 bits per heavy atom. The first-order chi connectivity index (χ1) is 11.0. The highest BCUT2D eigenvalue weighted by Crippen LogP contribution is 2.31. The van der Waals surface area contributed by atoms with Crippen molar-refractivity contribution in [1.82, 2.24) is 9.21 Å². The third-order valence-electron chi connectivity index (χ3n) is 3.74. The predicted molar refractivity (Wildman–Crippen MR) is 87.7 cm³/mol. The van der Waals surface area contributed by atoms with Crippen LogP contribution in [0, 0.1) is 0 Å². The SMILES string of the molecule is C[C@@H](N)C(=O)N1CCN(S(=O)(=O)c2cccc(C(F)(F)F)c2)CC1.Cl. The van der Waals surface area contributed by atoms with E-state index in [1.54, 1.807) is 0 Å². The largest absolute Gasteiger partial charge is 0.416 e. The van der Waals surface area contributed by atoms with E-state index < -0.39 is 32.7 Å². The summed E-state index contributed by atoms with van der Waals surface area (Å²) in [5.74, 6) is -0.286. The number of hydrogen-bond donors (Lipinski definition) is 1. The minimum atomic E-state index is -4.62. The van der Waals surface area contributed by atoms with E-state index in [1.807, 2.05) is 0 Å². The van der Waals surface area contributed by atoms with E-state index >= 15 is 0 Å². The van der Waals surface area contributed by atoms with Crippen LogP contribution in [0.15, 0.2) is 29.2 Å². The number of amides is 1. The maximum absolute atomic E-state index is 12.7. The second-order valence-electron chi connectivity index (χ2n) is 5.54. The van der Waals surface area contributed by atoms with Crippen LogP contribution in [0.5, 0.6) is 0 Å². The van der Waals surface area contributed by atoms with Crippen LogP contribution < -0.4 is 5.73 Å². The standard InChI is InChI=1S/C14H18F3N3O3S.ClH/c1-10(18)13(21)19-5-7-20(8-6-19)24(22,23)12-4-2-3-11(9-12)14(15,16)17;/h2-4,9-10H,5-8,18H2,1H3;1H/t10-;/m1./s1. The average Bonchev–Trinajstić information content (AvgIpc) is 2.53. The highest BCUT2D eigenvalue weighted by atomic mass is 35.5. The van der Waals surface area contributed by atoms with E-state index in [4.69, 9.17) is 5.73 Å². The topological polar surface area (TPSA) is 83.7 Å².